The van der Waals surface area contributed by atoms with E-state index in [1.807, 2.05) is 0 Å². The standard InChI is InChI=1S/C74H132O6/c1-4-7-10-13-16-19-22-24-26-28-30-31-32-33-34-35-36-37-38-39-40-41-42-43-45-46-48-50-52-55-58-61-64-67-73(76)79-70-71(69-78-72(75)66-63-60-57-54-21-18-15-12-9-6-3)80-74(77)68-65-62-59-56-53-51-49-47-44-29-27-25-23-20-17-14-11-8-5-2/h12,15,17,20,22,24-25,27-28,30,44,47,71H,4-11,13-14,16,18-19,21,23,26,29,31-43,45-46,48-70H2,1-3H3/b15-12-,20-17-,24-22-,27-25-,30-28-,47-44-. The Morgan fingerprint density at radius 3 is 0.787 bits per heavy atom. The SMILES string of the molecule is CCC/C=C\CCCCCCCC(=O)OCC(COC(=O)CCCCCCCCCCCCCCCCCCCCCCC/C=C\C/C=C\CCCCCCC)OC(=O)CCCCCCCC/C=C\C/C=C\C/C=C\CCCCC. The van der Waals surface area contributed by atoms with E-state index in [0.717, 1.165) is 103 Å². The first-order chi connectivity index (χ1) is 39.5. The molecule has 1 atom stereocenters. The first kappa shape index (κ1) is 76.9. The summed E-state index contributed by atoms with van der Waals surface area (Å²) in [6, 6.07) is 0. The molecular weight excluding hydrogens is 985 g/mol. The Morgan fingerprint density at radius 1 is 0.250 bits per heavy atom. The predicted molar refractivity (Wildman–Crippen MR) is 348 cm³/mol. The molecule has 0 spiro atoms. The fraction of sp³-hybridized carbons (Fsp3) is 0.797. The van der Waals surface area contributed by atoms with Crippen molar-refractivity contribution in [2.45, 2.75) is 367 Å². The van der Waals surface area contributed by atoms with Gasteiger partial charge in [-0.1, -0.05) is 306 Å². The minimum atomic E-state index is -0.785. The molecule has 0 heterocycles. The number of carbonyl (C=O) groups excluding carboxylic acids is 3. The number of allylic oxidation sites excluding steroid dienone is 12. The summed E-state index contributed by atoms with van der Waals surface area (Å²) in [4.78, 5) is 38.3. The third-order valence-electron chi connectivity index (χ3n) is 15.4. The highest BCUT2D eigenvalue weighted by Crippen LogP contribution is 2.18. The normalized spacial score (nSPS) is 12.5. The van der Waals surface area contributed by atoms with Crippen LogP contribution in [0.25, 0.3) is 0 Å². The van der Waals surface area contributed by atoms with Gasteiger partial charge in [0.2, 0.25) is 0 Å². The topological polar surface area (TPSA) is 78.9 Å². The first-order valence-corrected chi connectivity index (χ1v) is 34.9. The minimum Gasteiger partial charge on any atom is -0.462 e. The van der Waals surface area contributed by atoms with Gasteiger partial charge in [0.1, 0.15) is 13.2 Å². The van der Waals surface area contributed by atoms with E-state index in [1.54, 1.807) is 0 Å². The van der Waals surface area contributed by atoms with Gasteiger partial charge in [0, 0.05) is 19.3 Å². The van der Waals surface area contributed by atoms with E-state index in [4.69, 9.17) is 14.2 Å². The van der Waals surface area contributed by atoms with Gasteiger partial charge in [-0.15, -0.1) is 0 Å². The molecule has 0 saturated carbocycles. The third-order valence-corrected chi connectivity index (χ3v) is 15.4. The van der Waals surface area contributed by atoms with Crippen LogP contribution in [0.5, 0.6) is 0 Å². The number of esters is 3. The van der Waals surface area contributed by atoms with Crippen LogP contribution in [0.3, 0.4) is 0 Å². The van der Waals surface area contributed by atoms with E-state index in [1.165, 1.54) is 218 Å². The summed E-state index contributed by atoms with van der Waals surface area (Å²) in [5.41, 5.74) is 0. The van der Waals surface area contributed by atoms with Gasteiger partial charge in [-0.3, -0.25) is 14.4 Å². The first-order valence-electron chi connectivity index (χ1n) is 34.9. The molecule has 0 saturated heterocycles. The zero-order valence-electron chi connectivity index (χ0n) is 53.3. The van der Waals surface area contributed by atoms with Gasteiger partial charge < -0.3 is 14.2 Å². The second-order valence-electron chi connectivity index (χ2n) is 23.4. The van der Waals surface area contributed by atoms with Crippen LogP contribution in [0.1, 0.15) is 361 Å². The molecule has 0 aromatic carbocycles. The van der Waals surface area contributed by atoms with Crippen LogP contribution in [-0.2, 0) is 28.6 Å². The maximum Gasteiger partial charge on any atom is 0.306 e. The van der Waals surface area contributed by atoms with E-state index in [2.05, 4.69) is 93.7 Å². The molecule has 0 aliphatic heterocycles. The number of hydrogen-bond acceptors (Lipinski definition) is 6. The Kier molecular flexibility index (Phi) is 65.7. The summed E-state index contributed by atoms with van der Waals surface area (Å²) in [6.45, 7) is 6.56. The van der Waals surface area contributed by atoms with Crippen molar-refractivity contribution in [3.05, 3.63) is 72.9 Å². The van der Waals surface area contributed by atoms with Gasteiger partial charge in [-0.05, 0) is 109 Å². The zero-order chi connectivity index (χ0) is 57.8. The summed E-state index contributed by atoms with van der Waals surface area (Å²) in [7, 11) is 0. The fourth-order valence-corrected chi connectivity index (χ4v) is 10.1. The second kappa shape index (κ2) is 68.3. The maximum atomic E-state index is 12.9. The van der Waals surface area contributed by atoms with Crippen LogP contribution < -0.4 is 0 Å². The van der Waals surface area contributed by atoms with Crippen LogP contribution in [0.4, 0.5) is 0 Å². The maximum absolute atomic E-state index is 12.9. The summed E-state index contributed by atoms with van der Waals surface area (Å²) in [5.74, 6) is -0.888. The second-order valence-corrected chi connectivity index (χ2v) is 23.4. The average molecular weight is 1120 g/mol. The molecule has 0 radical (unpaired) electrons. The highest BCUT2D eigenvalue weighted by molar-refractivity contribution is 5.71. The Labute approximate surface area is 497 Å². The zero-order valence-corrected chi connectivity index (χ0v) is 53.3. The van der Waals surface area contributed by atoms with Gasteiger partial charge in [-0.25, -0.2) is 0 Å². The fourth-order valence-electron chi connectivity index (χ4n) is 10.1. The summed E-state index contributed by atoms with van der Waals surface area (Å²) >= 11 is 0. The van der Waals surface area contributed by atoms with E-state index in [9.17, 15) is 14.4 Å². The van der Waals surface area contributed by atoms with Crippen molar-refractivity contribution in [2.75, 3.05) is 13.2 Å². The Hall–Kier alpha value is -3.15. The molecule has 6 heteroatoms. The van der Waals surface area contributed by atoms with Gasteiger partial charge in [0.15, 0.2) is 6.10 Å². The Bertz CT molecular complexity index is 1470. The van der Waals surface area contributed by atoms with Crippen molar-refractivity contribution in [2.24, 2.45) is 0 Å². The van der Waals surface area contributed by atoms with Crippen molar-refractivity contribution in [3.63, 3.8) is 0 Å². The number of carbonyl (C=O) groups is 3. The Morgan fingerprint density at radius 2 is 0.475 bits per heavy atom. The molecule has 464 valence electrons. The minimum absolute atomic E-state index is 0.0803. The van der Waals surface area contributed by atoms with Crippen LogP contribution in [0, 0.1) is 0 Å². The van der Waals surface area contributed by atoms with Gasteiger partial charge >= 0.3 is 17.9 Å². The van der Waals surface area contributed by atoms with E-state index in [0.29, 0.717) is 19.3 Å². The molecule has 0 aliphatic carbocycles. The van der Waals surface area contributed by atoms with Crippen molar-refractivity contribution in [1.29, 1.82) is 0 Å². The van der Waals surface area contributed by atoms with E-state index < -0.39 is 6.10 Å². The van der Waals surface area contributed by atoms with E-state index in [-0.39, 0.29) is 31.1 Å². The summed E-state index contributed by atoms with van der Waals surface area (Å²) < 4.78 is 16.9. The van der Waals surface area contributed by atoms with Crippen LogP contribution >= 0.6 is 0 Å². The third kappa shape index (κ3) is 65.7. The lowest BCUT2D eigenvalue weighted by atomic mass is 10.0. The molecule has 0 aromatic rings. The largest absolute Gasteiger partial charge is 0.462 e. The van der Waals surface area contributed by atoms with Crippen LogP contribution in [-0.4, -0.2) is 37.2 Å². The van der Waals surface area contributed by atoms with Gasteiger partial charge in [-0.2, -0.15) is 0 Å². The molecule has 0 aromatic heterocycles. The number of rotatable bonds is 64. The average Bonchev–Trinajstić information content (AvgIpc) is 3.46. The molecule has 0 amide bonds. The molecule has 6 nitrogen and oxygen atoms in total. The lowest BCUT2D eigenvalue weighted by Gasteiger charge is -2.18. The number of ether oxygens (including phenoxy) is 3. The molecule has 1 unspecified atom stereocenters. The van der Waals surface area contributed by atoms with Gasteiger partial charge in [0.05, 0.1) is 0 Å². The molecule has 0 fully saturated rings. The van der Waals surface area contributed by atoms with Crippen molar-refractivity contribution >= 4 is 17.9 Å². The Balaban J connectivity index is 4.10. The quantitative estimate of drug-likeness (QED) is 0.0261. The lowest BCUT2D eigenvalue weighted by molar-refractivity contribution is -0.167. The molecule has 0 bridgehead atoms. The van der Waals surface area contributed by atoms with Crippen molar-refractivity contribution in [3.8, 4) is 0 Å². The molecule has 0 N–H and O–H groups in total. The van der Waals surface area contributed by atoms with Crippen molar-refractivity contribution in [1.82, 2.24) is 0 Å². The van der Waals surface area contributed by atoms with Gasteiger partial charge in [0.25, 0.3) is 0 Å². The molecule has 80 heavy (non-hydrogen) atoms. The summed E-state index contributed by atoms with van der Waals surface area (Å²) in [6.07, 6.45) is 89.5. The molecule has 0 aliphatic rings. The van der Waals surface area contributed by atoms with E-state index >= 15 is 0 Å². The highest BCUT2D eigenvalue weighted by atomic mass is 16.6. The number of hydrogen-bond donors (Lipinski definition) is 0. The van der Waals surface area contributed by atoms with Crippen molar-refractivity contribution < 1.29 is 28.6 Å². The number of unbranched alkanes of at least 4 members (excludes halogenated alkanes) is 41. The van der Waals surface area contributed by atoms with Crippen LogP contribution in [0.2, 0.25) is 0 Å². The summed E-state index contributed by atoms with van der Waals surface area (Å²) in [5, 5.41) is 0. The predicted octanol–water partition coefficient (Wildman–Crippen LogP) is 24.1. The smallest absolute Gasteiger partial charge is 0.306 e. The molecule has 0 rings (SSSR count). The molecular formula is C74H132O6. The highest BCUT2D eigenvalue weighted by Gasteiger charge is 2.19. The van der Waals surface area contributed by atoms with Crippen LogP contribution in [0.15, 0.2) is 72.9 Å². The monoisotopic (exact) mass is 1120 g/mol. The lowest BCUT2D eigenvalue weighted by Crippen LogP contribution is -2.30.